The summed E-state index contributed by atoms with van der Waals surface area (Å²) in [6, 6.07) is 8.23. The van der Waals surface area contributed by atoms with E-state index in [1.807, 2.05) is 12.1 Å². The van der Waals surface area contributed by atoms with Crippen molar-refractivity contribution in [3.8, 4) is 0 Å². The molecule has 4 heteroatoms. The van der Waals surface area contributed by atoms with E-state index in [0.29, 0.717) is 25.6 Å². The first kappa shape index (κ1) is 16.3. The van der Waals surface area contributed by atoms with Gasteiger partial charge in [-0.05, 0) is 62.1 Å². The van der Waals surface area contributed by atoms with Crippen molar-refractivity contribution in [3.63, 3.8) is 0 Å². The molecule has 1 aliphatic carbocycles. The molecule has 1 aromatic carbocycles. The van der Waals surface area contributed by atoms with E-state index >= 15 is 0 Å². The maximum absolute atomic E-state index is 5.92. The summed E-state index contributed by atoms with van der Waals surface area (Å²) in [4.78, 5) is 0. The van der Waals surface area contributed by atoms with E-state index < -0.39 is 0 Å². The molecule has 3 nitrogen and oxygen atoms in total. The molecule has 1 atom stereocenters. The largest absolute Gasteiger partial charge is 0.371 e. The summed E-state index contributed by atoms with van der Waals surface area (Å²) < 4.78 is 16.3. The molecule has 1 aliphatic heterocycles. The van der Waals surface area contributed by atoms with Crippen molar-refractivity contribution in [3.05, 3.63) is 34.9 Å². The molecule has 3 rings (SSSR count). The Morgan fingerprint density at radius 1 is 1.09 bits per heavy atom. The molecule has 2 aliphatic rings. The average molecular weight is 325 g/mol. The first-order valence-electron chi connectivity index (χ1n) is 8.35. The van der Waals surface area contributed by atoms with Crippen LogP contribution in [0.15, 0.2) is 24.3 Å². The molecule has 2 fully saturated rings. The van der Waals surface area contributed by atoms with Crippen molar-refractivity contribution < 1.29 is 14.2 Å². The molecule has 0 N–H and O–H groups in total. The van der Waals surface area contributed by atoms with Gasteiger partial charge in [0.25, 0.3) is 0 Å². The van der Waals surface area contributed by atoms with Crippen molar-refractivity contribution >= 4 is 11.6 Å². The van der Waals surface area contributed by atoms with Crippen molar-refractivity contribution in [2.24, 2.45) is 5.92 Å². The second-order valence-electron chi connectivity index (χ2n) is 6.42. The molecule has 0 spiro atoms. The lowest BCUT2D eigenvalue weighted by atomic mass is 9.84. The van der Waals surface area contributed by atoms with Crippen LogP contribution in [0, 0.1) is 5.92 Å². The highest BCUT2D eigenvalue weighted by atomic mass is 35.5. The lowest BCUT2D eigenvalue weighted by molar-refractivity contribution is -0.104. The molecule has 1 saturated carbocycles. The van der Waals surface area contributed by atoms with Crippen LogP contribution in [-0.4, -0.2) is 32.2 Å². The van der Waals surface area contributed by atoms with Gasteiger partial charge in [-0.25, -0.2) is 0 Å². The fourth-order valence-electron chi connectivity index (χ4n) is 3.10. The second-order valence-corrected chi connectivity index (χ2v) is 6.85. The van der Waals surface area contributed by atoms with E-state index in [1.165, 1.54) is 24.8 Å². The first-order valence-corrected chi connectivity index (χ1v) is 8.73. The van der Waals surface area contributed by atoms with Crippen LogP contribution in [0.5, 0.6) is 0 Å². The normalized spacial score (nSPS) is 27.8. The second kappa shape index (κ2) is 8.30. The van der Waals surface area contributed by atoms with Gasteiger partial charge >= 0.3 is 0 Å². The summed E-state index contributed by atoms with van der Waals surface area (Å²) in [6.45, 7) is 1.94. The monoisotopic (exact) mass is 324 g/mol. The van der Waals surface area contributed by atoms with E-state index in [4.69, 9.17) is 25.8 Å². The minimum absolute atomic E-state index is 0.326. The summed E-state index contributed by atoms with van der Waals surface area (Å²) in [5, 5.41) is 0.817. The Bertz CT molecular complexity index is 436. The van der Waals surface area contributed by atoms with Gasteiger partial charge in [0.2, 0.25) is 0 Å². The molecular formula is C18H25ClO3. The fourth-order valence-corrected chi connectivity index (χ4v) is 3.22. The Hall–Kier alpha value is -0.610. The lowest BCUT2D eigenvalue weighted by Crippen LogP contribution is -2.23. The van der Waals surface area contributed by atoms with Crippen LogP contribution in [-0.2, 0) is 20.6 Å². The third kappa shape index (κ3) is 5.54. The summed E-state index contributed by atoms with van der Waals surface area (Å²) in [5.74, 6) is 0.830. The minimum atomic E-state index is 0.326. The number of benzene rings is 1. The van der Waals surface area contributed by atoms with Gasteiger partial charge in [-0.3, -0.25) is 0 Å². The SMILES string of the molecule is Clc1ccc(CCC2CCC(OCOCC3CO3)CC2)cc1. The number of hydrogen-bond acceptors (Lipinski definition) is 3. The number of halogens is 1. The van der Waals surface area contributed by atoms with Crippen molar-refractivity contribution in [2.75, 3.05) is 20.0 Å². The van der Waals surface area contributed by atoms with Crippen LogP contribution in [0.3, 0.4) is 0 Å². The Balaban J connectivity index is 1.27. The van der Waals surface area contributed by atoms with Gasteiger partial charge in [-0.1, -0.05) is 23.7 Å². The summed E-state index contributed by atoms with van der Waals surface area (Å²) in [6.07, 6.45) is 7.98. The highest BCUT2D eigenvalue weighted by molar-refractivity contribution is 6.30. The van der Waals surface area contributed by atoms with E-state index in [1.54, 1.807) is 0 Å². The molecule has 1 saturated heterocycles. The topological polar surface area (TPSA) is 31.0 Å². The molecule has 1 heterocycles. The van der Waals surface area contributed by atoms with E-state index in [-0.39, 0.29) is 0 Å². The third-order valence-corrected chi connectivity index (χ3v) is 4.89. The summed E-state index contributed by atoms with van der Waals surface area (Å²) in [7, 11) is 0. The zero-order valence-corrected chi connectivity index (χ0v) is 13.8. The van der Waals surface area contributed by atoms with Crippen molar-refractivity contribution in [1.82, 2.24) is 0 Å². The standard InChI is InChI=1S/C18H25ClO3/c19-16-7-3-14(4-8-16)1-2-15-5-9-17(10-6-15)22-13-20-11-18-12-21-18/h3-4,7-8,15,17-18H,1-2,5-6,9-13H2. The lowest BCUT2D eigenvalue weighted by Gasteiger charge is -2.28. The molecule has 0 radical (unpaired) electrons. The predicted molar refractivity (Wildman–Crippen MR) is 87.2 cm³/mol. The molecule has 0 bridgehead atoms. The number of hydrogen-bond donors (Lipinski definition) is 0. The van der Waals surface area contributed by atoms with Gasteiger partial charge in [0.15, 0.2) is 0 Å². The molecule has 1 aromatic rings. The van der Waals surface area contributed by atoms with Crippen molar-refractivity contribution in [1.29, 1.82) is 0 Å². The maximum atomic E-state index is 5.92. The van der Waals surface area contributed by atoms with Crippen LogP contribution < -0.4 is 0 Å². The van der Waals surface area contributed by atoms with Crippen LogP contribution in [0.2, 0.25) is 5.02 Å². The summed E-state index contributed by atoms with van der Waals surface area (Å²) in [5.41, 5.74) is 1.39. The molecule has 0 aromatic heterocycles. The van der Waals surface area contributed by atoms with E-state index in [9.17, 15) is 0 Å². The summed E-state index contributed by atoms with van der Waals surface area (Å²) >= 11 is 5.92. The van der Waals surface area contributed by atoms with Crippen LogP contribution in [0.1, 0.15) is 37.7 Å². The first-order chi connectivity index (χ1) is 10.8. The average Bonchev–Trinajstić information content (AvgIpc) is 3.36. The smallest absolute Gasteiger partial charge is 0.147 e. The number of ether oxygens (including phenoxy) is 3. The minimum Gasteiger partial charge on any atom is -0.371 e. The van der Waals surface area contributed by atoms with Crippen molar-refractivity contribution in [2.45, 2.75) is 50.7 Å². The zero-order chi connectivity index (χ0) is 15.2. The third-order valence-electron chi connectivity index (χ3n) is 4.64. The number of aryl methyl sites for hydroxylation is 1. The predicted octanol–water partition coefficient (Wildman–Crippen LogP) is 4.22. The highest BCUT2D eigenvalue weighted by Crippen LogP contribution is 2.29. The van der Waals surface area contributed by atoms with Gasteiger partial charge in [0.1, 0.15) is 12.9 Å². The maximum Gasteiger partial charge on any atom is 0.147 e. The highest BCUT2D eigenvalue weighted by Gasteiger charge is 2.24. The molecule has 1 unspecified atom stereocenters. The number of rotatable bonds is 8. The van der Waals surface area contributed by atoms with Gasteiger partial charge in [-0.2, -0.15) is 0 Å². The quantitative estimate of drug-likeness (QED) is 0.407. The fraction of sp³-hybridized carbons (Fsp3) is 0.667. The number of epoxide rings is 1. The zero-order valence-electron chi connectivity index (χ0n) is 13.0. The molecule has 122 valence electrons. The van der Waals surface area contributed by atoms with Crippen LogP contribution >= 0.6 is 11.6 Å². The molecular weight excluding hydrogens is 300 g/mol. The van der Waals surface area contributed by atoms with E-state index in [2.05, 4.69) is 12.1 Å². The van der Waals surface area contributed by atoms with Gasteiger partial charge in [-0.15, -0.1) is 0 Å². The Kier molecular flexibility index (Phi) is 6.13. The Morgan fingerprint density at radius 3 is 2.50 bits per heavy atom. The molecule has 22 heavy (non-hydrogen) atoms. The van der Waals surface area contributed by atoms with Crippen LogP contribution in [0.25, 0.3) is 0 Å². The van der Waals surface area contributed by atoms with Gasteiger partial charge < -0.3 is 14.2 Å². The van der Waals surface area contributed by atoms with E-state index in [0.717, 1.165) is 36.8 Å². The Morgan fingerprint density at radius 2 is 1.82 bits per heavy atom. The Labute approximate surface area is 137 Å². The van der Waals surface area contributed by atoms with Gasteiger partial charge in [0, 0.05) is 5.02 Å². The molecule has 0 amide bonds. The van der Waals surface area contributed by atoms with Gasteiger partial charge in [0.05, 0.1) is 19.3 Å². The van der Waals surface area contributed by atoms with Crippen LogP contribution in [0.4, 0.5) is 0 Å².